The molecule has 0 aliphatic heterocycles. The van der Waals surface area contributed by atoms with Crippen molar-refractivity contribution in [2.24, 2.45) is 0 Å². The molecule has 0 saturated heterocycles. The highest BCUT2D eigenvalue weighted by atomic mass is 16.5. The molecule has 0 fully saturated rings. The third-order valence-electron chi connectivity index (χ3n) is 4.08. The van der Waals surface area contributed by atoms with Crippen LogP contribution in [0.3, 0.4) is 0 Å². The molecule has 0 saturated carbocycles. The molecule has 7 heteroatoms. The minimum atomic E-state index is -0.155. The van der Waals surface area contributed by atoms with Crippen molar-refractivity contribution in [2.45, 2.75) is 19.8 Å². The van der Waals surface area contributed by atoms with E-state index in [-0.39, 0.29) is 5.56 Å². The lowest BCUT2D eigenvalue weighted by Gasteiger charge is -2.10. The first-order chi connectivity index (χ1) is 12.3. The molecular formula is C18H17N5O2. The van der Waals surface area contributed by atoms with Gasteiger partial charge in [-0.15, -0.1) is 0 Å². The van der Waals surface area contributed by atoms with E-state index in [2.05, 4.69) is 22.4 Å². The number of benzene rings is 2. The van der Waals surface area contributed by atoms with Crippen LogP contribution >= 0.6 is 0 Å². The highest BCUT2D eigenvalue weighted by Crippen LogP contribution is 2.18. The fourth-order valence-electron chi connectivity index (χ4n) is 2.79. The van der Waals surface area contributed by atoms with Crippen LogP contribution in [0, 0.1) is 0 Å². The van der Waals surface area contributed by atoms with Gasteiger partial charge in [-0.25, -0.2) is 4.57 Å². The third kappa shape index (κ3) is 2.63. The SMILES string of the molecule is CCCCOc1ccc(-n2c(=O)c3ccccc3n3nnnc23)cc1. The Morgan fingerprint density at radius 1 is 1.08 bits per heavy atom. The van der Waals surface area contributed by atoms with Gasteiger partial charge in [0.25, 0.3) is 11.3 Å². The molecule has 7 nitrogen and oxygen atoms in total. The lowest BCUT2D eigenvalue weighted by atomic mass is 10.2. The van der Waals surface area contributed by atoms with E-state index < -0.39 is 0 Å². The Morgan fingerprint density at radius 2 is 1.88 bits per heavy atom. The molecule has 0 spiro atoms. The van der Waals surface area contributed by atoms with Crippen LogP contribution in [0.2, 0.25) is 0 Å². The van der Waals surface area contributed by atoms with Crippen molar-refractivity contribution in [2.75, 3.05) is 6.61 Å². The topological polar surface area (TPSA) is 74.3 Å². The van der Waals surface area contributed by atoms with Gasteiger partial charge in [-0.1, -0.05) is 30.6 Å². The van der Waals surface area contributed by atoms with E-state index in [1.54, 1.807) is 10.6 Å². The molecule has 0 radical (unpaired) electrons. The molecule has 0 amide bonds. The van der Waals surface area contributed by atoms with Crippen molar-refractivity contribution in [1.29, 1.82) is 0 Å². The standard InChI is InChI=1S/C18H17N5O2/c1-2-3-12-25-14-10-8-13(9-11-14)22-17(24)15-6-4-5-7-16(15)23-18(22)19-20-21-23/h4-11H,2-3,12H2,1H3. The van der Waals surface area contributed by atoms with Crippen molar-refractivity contribution in [3.05, 3.63) is 58.9 Å². The monoisotopic (exact) mass is 335 g/mol. The molecular weight excluding hydrogens is 318 g/mol. The van der Waals surface area contributed by atoms with E-state index in [1.807, 2.05) is 42.5 Å². The van der Waals surface area contributed by atoms with Crippen LogP contribution < -0.4 is 10.3 Å². The van der Waals surface area contributed by atoms with Crippen molar-refractivity contribution in [1.82, 2.24) is 24.6 Å². The van der Waals surface area contributed by atoms with E-state index in [9.17, 15) is 4.79 Å². The summed E-state index contributed by atoms with van der Waals surface area (Å²) in [6, 6.07) is 14.7. The summed E-state index contributed by atoms with van der Waals surface area (Å²) in [6.45, 7) is 2.81. The summed E-state index contributed by atoms with van der Waals surface area (Å²) < 4.78 is 8.76. The molecule has 0 aliphatic carbocycles. The Bertz CT molecular complexity index is 1080. The predicted octanol–water partition coefficient (Wildman–Crippen LogP) is 2.61. The van der Waals surface area contributed by atoms with E-state index in [4.69, 9.17) is 4.74 Å². The number of ether oxygens (including phenoxy) is 1. The molecule has 126 valence electrons. The van der Waals surface area contributed by atoms with Gasteiger partial charge < -0.3 is 4.74 Å². The maximum Gasteiger partial charge on any atom is 0.267 e. The molecule has 0 N–H and O–H groups in total. The minimum absolute atomic E-state index is 0.155. The van der Waals surface area contributed by atoms with Gasteiger partial charge in [0.05, 0.1) is 23.2 Å². The summed E-state index contributed by atoms with van der Waals surface area (Å²) >= 11 is 0. The lowest BCUT2D eigenvalue weighted by molar-refractivity contribution is 0.309. The first-order valence-electron chi connectivity index (χ1n) is 8.24. The zero-order valence-electron chi connectivity index (χ0n) is 13.8. The Labute approximate surface area is 143 Å². The molecule has 2 aromatic heterocycles. The summed E-state index contributed by atoms with van der Waals surface area (Å²) in [6.07, 6.45) is 2.10. The number of nitrogens with zero attached hydrogens (tertiary/aromatic N) is 5. The van der Waals surface area contributed by atoms with Gasteiger partial charge >= 0.3 is 0 Å². The zero-order chi connectivity index (χ0) is 17.2. The number of tetrazole rings is 1. The van der Waals surface area contributed by atoms with Gasteiger partial charge in [0, 0.05) is 0 Å². The minimum Gasteiger partial charge on any atom is -0.494 e. The van der Waals surface area contributed by atoms with E-state index in [0.717, 1.165) is 18.6 Å². The van der Waals surface area contributed by atoms with E-state index >= 15 is 0 Å². The largest absolute Gasteiger partial charge is 0.494 e. The molecule has 2 aromatic carbocycles. The fourth-order valence-corrected chi connectivity index (χ4v) is 2.79. The smallest absolute Gasteiger partial charge is 0.267 e. The zero-order valence-corrected chi connectivity index (χ0v) is 13.8. The molecule has 2 heterocycles. The average Bonchev–Trinajstić information content (AvgIpc) is 3.13. The Morgan fingerprint density at radius 3 is 2.68 bits per heavy atom. The first kappa shape index (κ1) is 15.3. The highest BCUT2D eigenvalue weighted by Gasteiger charge is 2.14. The summed E-state index contributed by atoms with van der Waals surface area (Å²) in [5, 5.41) is 12.3. The van der Waals surface area contributed by atoms with Crippen LogP contribution in [0.4, 0.5) is 0 Å². The number of hydrogen-bond donors (Lipinski definition) is 0. The van der Waals surface area contributed by atoms with Gasteiger partial charge in [0.2, 0.25) is 0 Å². The number of unbranched alkanes of at least 4 members (excludes halogenated alkanes) is 1. The van der Waals surface area contributed by atoms with Crippen LogP contribution in [0.5, 0.6) is 5.75 Å². The van der Waals surface area contributed by atoms with Crippen molar-refractivity contribution < 1.29 is 4.74 Å². The fraction of sp³-hybridized carbons (Fsp3) is 0.222. The Hall–Kier alpha value is -3.22. The normalized spacial score (nSPS) is 11.2. The van der Waals surface area contributed by atoms with Gasteiger partial charge in [-0.05, 0) is 53.2 Å². The number of fused-ring (bicyclic) bond motifs is 3. The van der Waals surface area contributed by atoms with Crippen molar-refractivity contribution in [3.8, 4) is 11.4 Å². The number of rotatable bonds is 5. The second-order valence-electron chi connectivity index (χ2n) is 5.74. The van der Waals surface area contributed by atoms with Crippen LogP contribution in [0.15, 0.2) is 53.3 Å². The summed E-state index contributed by atoms with van der Waals surface area (Å²) in [4.78, 5) is 13.0. The second kappa shape index (κ2) is 6.35. The summed E-state index contributed by atoms with van der Waals surface area (Å²) in [7, 11) is 0. The van der Waals surface area contributed by atoms with Gasteiger partial charge in [-0.3, -0.25) is 4.79 Å². The van der Waals surface area contributed by atoms with Crippen molar-refractivity contribution >= 4 is 16.7 Å². The molecule has 0 bridgehead atoms. The Balaban J connectivity index is 1.84. The molecule has 0 atom stereocenters. The summed E-state index contributed by atoms with van der Waals surface area (Å²) in [5.41, 5.74) is 1.22. The average molecular weight is 335 g/mol. The van der Waals surface area contributed by atoms with Gasteiger partial charge in [-0.2, -0.15) is 4.52 Å². The number of hydrogen-bond acceptors (Lipinski definition) is 5. The Kier molecular flexibility index (Phi) is 3.89. The third-order valence-corrected chi connectivity index (χ3v) is 4.08. The molecule has 0 aliphatic rings. The highest BCUT2D eigenvalue weighted by molar-refractivity contribution is 5.80. The molecule has 25 heavy (non-hydrogen) atoms. The molecule has 4 rings (SSSR count). The van der Waals surface area contributed by atoms with Crippen LogP contribution in [0.1, 0.15) is 19.8 Å². The first-order valence-corrected chi connectivity index (χ1v) is 8.24. The van der Waals surface area contributed by atoms with Crippen LogP contribution in [-0.2, 0) is 0 Å². The van der Waals surface area contributed by atoms with Crippen LogP contribution in [0.25, 0.3) is 22.4 Å². The lowest BCUT2D eigenvalue weighted by Crippen LogP contribution is -2.21. The quantitative estimate of drug-likeness (QED) is 0.524. The molecule has 0 unspecified atom stereocenters. The maximum atomic E-state index is 13.0. The van der Waals surface area contributed by atoms with E-state index in [0.29, 0.717) is 29.0 Å². The molecule has 4 aromatic rings. The second-order valence-corrected chi connectivity index (χ2v) is 5.74. The van der Waals surface area contributed by atoms with Crippen LogP contribution in [-0.4, -0.2) is 31.2 Å². The maximum absolute atomic E-state index is 13.0. The number of para-hydroxylation sites is 1. The summed E-state index contributed by atoms with van der Waals surface area (Å²) in [5.74, 6) is 1.16. The van der Waals surface area contributed by atoms with Gasteiger partial charge in [0.15, 0.2) is 0 Å². The van der Waals surface area contributed by atoms with E-state index in [1.165, 1.54) is 4.57 Å². The predicted molar refractivity (Wildman–Crippen MR) is 94.3 cm³/mol. The van der Waals surface area contributed by atoms with Crippen molar-refractivity contribution in [3.63, 3.8) is 0 Å². The number of aromatic nitrogens is 5. The van der Waals surface area contributed by atoms with Gasteiger partial charge in [0.1, 0.15) is 5.75 Å².